The second kappa shape index (κ2) is 7.16. The average molecular weight is 252 g/mol. The van der Waals surface area contributed by atoms with Crippen molar-refractivity contribution in [3.8, 4) is 0 Å². The smallest absolute Gasteiger partial charge is 0.255 e. The van der Waals surface area contributed by atoms with E-state index in [4.69, 9.17) is 5.73 Å². The molecule has 0 aliphatic carbocycles. The van der Waals surface area contributed by atoms with Crippen LogP contribution in [0.3, 0.4) is 0 Å². The number of carbonyl (C=O) groups excluding carboxylic acids is 1. The van der Waals surface area contributed by atoms with Gasteiger partial charge in [0.25, 0.3) is 5.91 Å². The Labute approximate surface area is 109 Å². The van der Waals surface area contributed by atoms with Crippen molar-refractivity contribution in [3.63, 3.8) is 0 Å². The highest BCUT2D eigenvalue weighted by Gasteiger charge is 2.17. The first-order chi connectivity index (χ1) is 8.62. The van der Waals surface area contributed by atoms with E-state index in [9.17, 15) is 4.79 Å². The highest BCUT2D eigenvalue weighted by atomic mass is 16.1. The second-order valence-electron chi connectivity index (χ2n) is 4.57. The van der Waals surface area contributed by atoms with E-state index in [1.807, 2.05) is 14.0 Å². The number of aryl methyl sites for hydroxylation is 2. The largest absolute Gasteiger partial charge is 0.348 e. The van der Waals surface area contributed by atoms with E-state index in [0.29, 0.717) is 12.1 Å². The van der Waals surface area contributed by atoms with Crippen molar-refractivity contribution >= 4 is 5.91 Å². The molecule has 102 valence electrons. The summed E-state index contributed by atoms with van der Waals surface area (Å²) in [5, 5.41) is 7.26. The van der Waals surface area contributed by atoms with Crippen molar-refractivity contribution in [2.75, 3.05) is 6.54 Å². The van der Waals surface area contributed by atoms with Crippen LogP contribution >= 0.6 is 0 Å². The summed E-state index contributed by atoms with van der Waals surface area (Å²) in [6.07, 6.45) is 5.64. The Balaban J connectivity index is 2.68. The van der Waals surface area contributed by atoms with Gasteiger partial charge in [0.15, 0.2) is 0 Å². The summed E-state index contributed by atoms with van der Waals surface area (Å²) in [5.74, 6) is -0.0634. The SMILES string of the molecule is CCCCC(CN)NC(=O)c1cn(C)nc1CC. The van der Waals surface area contributed by atoms with Crippen LogP contribution in [-0.4, -0.2) is 28.3 Å². The van der Waals surface area contributed by atoms with Gasteiger partial charge in [0.1, 0.15) is 0 Å². The molecule has 0 aromatic carbocycles. The van der Waals surface area contributed by atoms with E-state index in [1.165, 1.54) is 0 Å². The highest BCUT2D eigenvalue weighted by molar-refractivity contribution is 5.95. The fourth-order valence-corrected chi connectivity index (χ4v) is 1.95. The van der Waals surface area contributed by atoms with E-state index >= 15 is 0 Å². The summed E-state index contributed by atoms with van der Waals surface area (Å²) in [7, 11) is 1.83. The Kier molecular flexibility index (Phi) is 5.85. The Morgan fingerprint density at radius 2 is 2.28 bits per heavy atom. The van der Waals surface area contributed by atoms with Gasteiger partial charge in [0.2, 0.25) is 0 Å². The van der Waals surface area contributed by atoms with Gasteiger partial charge in [-0.05, 0) is 12.8 Å². The Morgan fingerprint density at radius 3 is 2.83 bits per heavy atom. The fourth-order valence-electron chi connectivity index (χ4n) is 1.95. The Hall–Kier alpha value is -1.36. The summed E-state index contributed by atoms with van der Waals surface area (Å²) >= 11 is 0. The van der Waals surface area contributed by atoms with Crippen molar-refractivity contribution < 1.29 is 4.79 Å². The number of carbonyl (C=O) groups is 1. The summed E-state index contributed by atoms with van der Waals surface area (Å²) in [6, 6.07) is 0.0577. The zero-order valence-electron chi connectivity index (χ0n) is 11.6. The van der Waals surface area contributed by atoms with Gasteiger partial charge in [0.05, 0.1) is 11.3 Å². The molecule has 1 heterocycles. The topological polar surface area (TPSA) is 72.9 Å². The molecule has 0 bridgehead atoms. The van der Waals surface area contributed by atoms with Crippen LogP contribution in [0.5, 0.6) is 0 Å². The summed E-state index contributed by atoms with van der Waals surface area (Å²) in [6.45, 7) is 4.61. The first-order valence-corrected chi connectivity index (χ1v) is 6.65. The number of rotatable bonds is 7. The van der Waals surface area contributed by atoms with Crippen LogP contribution in [0, 0.1) is 0 Å². The molecule has 1 atom stereocenters. The molecule has 0 aliphatic heterocycles. The molecule has 0 saturated heterocycles. The Bertz CT molecular complexity index is 386. The molecule has 5 heteroatoms. The molecular formula is C13H24N4O. The molecule has 0 fully saturated rings. The number of aromatic nitrogens is 2. The number of hydrogen-bond donors (Lipinski definition) is 2. The molecule has 5 nitrogen and oxygen atoms in total. The number of amides is 1. The predicted octanol–water partition coefficient (Wildman–Crippen LogP) is 1.23. The number of nitrogens with one attached hydrogen (secondary N) is 1. The van der Waals surface area contributed by atoms with Crippen LogP contribution in [0.4, 0.5) is 0 Å². The van der Waals surface area contributed by atoms with E-state index in [0.717, 1.165) is 31.4 Å². The standard InChI is InChI=1S/C13H24N4O/c1-4-6-7-10(8-14)15-13(18)11-9-17(3)16-12(11)5-2/h9-10H,4-8,14H2,1-3H3,(H,15,18). The third kappa shape index (κ3) is 3.84. The zero-order chi connectivity index (χ0) is 13.5. The molecule has 0 radical (unpaired) electrons. The van der Waals surface area contributed by atoms with Gasteiger partial charge in [-0.1, -0.05) is 26.7 Å². The minimum atomic E-state index is -0.0634. The lowest BCUT2D eigenvalue weighted by molar-refractivity contribution is 0.0935. The van der Waals surface area contributed by atoms with Gasteiger partial charge in [-0.15, -0.1) is 0 Å². The summed E-state index contributed by atoms with van der Waals surface area (Å²) in [5.41, 5.74) is 7.18. The maximum Gasteiger partial charge on any atom is 0.255 e. The highest BCUT2D eigenvalue weighted by Crippen LogP contribution is 2.08. The van der Waals surface area contributed by atoms with Crippen molar-refractivity contribution in [2.45, 2.75) is 45.6 Å². The lowest BCUT2D eigenvalue weighted by Crippen LogP contribution is -2.40. The van der Waals surface area contributed by atoms with Crippen molar-refractivity contribution in [1.29, 1.82) is 0 Å². The molecular weight excluding hydrogens is 228 g/mol. The number of nitrogens with two attached hydrogens (primary N) is 1. The average Bonchev–Trinajstić information content (AvgIpc) is 2.75. The van der Waals surface area contributed by atoms with Crippen LogP contribution in [0.25, 0.3) is 0 Å². The summed E-state index contributed by atoms with van der Waals surface area (Å²) in [4.78, 5) is 12.2. The van der Waals surface area contributed by atoms with E-state index < -0.39 is 0 Å². The van der Waals surface area contributed by atoms with E-state index in [2.05, 4.69) is 17.3 Å². The first kappa shape index (κ1) is 14.7. The lowest BCUT2D eigenvalue weighted by Gasteiger charge is -2.16. The molecule has 18 heavy (non-hydrogen) atoms. The molecule has 1 aromatic rings. The van der Waals surface area contributed by atoms with Crippen LogP contribution in [-0.2, 0) is 13.5 Å². The van der Waals surface area contributed by atoms with Crippen LogP contribution in [0.1, 0.15) is 49.2 Å². The van der Waals surface area contributed by atoms with Crippen LogP contribution in [0.2, 0.25) is 0 Å². The first-order valence-electron chi connectivity index (χ1n) is 6.65. The minimum Gasteiger partial charge on any atom is -0.348 e. The maximum atomic E-state index is 12.2. The normalized spacial score (nSPS) is 12.4. The van der Waals surface area contributed by atoms with Gasteiger partial charge in [0, 0.05) is 25.8 Å². The van der Waals surface area contributed by atoms with Crippen LogP contribution < -0.4 is 11.1 Å². The van der Waals surface area contributed by atoms with Gasteiger partial charge in [-0.25, -0.2) is 0 Å². The van der Waals surface area contributed by atoms with Crippen molar-refractivity contribution in [1.82, 2.24) is 15.1 Å². The second-order valence-corrected chi connectivity index (χ2v) is 4.57. The predicted molar refractivity (Wildman–Crippen MR) is 72.4 cm³/mol. The molecule has 1 unspecified atom stereocenters. The number of hydrogen-bond acceptors (Lipinski definition) is 3. The monoisotopic (exact) mass is 252 g/mol. The molecule has 1 rings (SSSR count). The van der Waals surface area contributed by atoms with Gasteiger partial charge in [-0.2, -0.15) is 5.10 Å². The maximum absolute atomic E-state index is 12.2. The number of unbranched alkanes of at least 4 members (excludes halogenated alkanes) is 1. The van der Waals surface area contributed by atoms with Crippen molar-refractivity contribution in [3.05, 3.63) is 17.5 Å². The minimum absolute atomic E-state index is 0.0577. The Morgan fingerprint density at radius 1 is 1.56 bits per heavy atom. The van der Waals surface area contributed by atoms with Gasteiger partial charge < -0.3 is 11.1 Å². The fraction of sp³-hybridized carbons (Fsp3) is 0.692. The molecule has 0 spiro atoms. The zero-order valence-corrected chi connectivity index (χ0v) is 11.6. The van der Waals surface area contributed by atoms with Crippen LogP contribution in [0.15, 0.2) is 6.20 Å². The molecule has 1 amide bonds. The third-order valence-corrected chi connectivity index (χ3v) is 3.01. The lowest BCUT2D eigenvalue weighted by atomic mass is 10.1. The molecule has 0 saturated carbocycles. The van der Waals surface area contributed by atoms with E-state index in [1.54, 1.807) is 10.9 Å². The molecule has 1 aromatic heterocycles. The molecule has 0 aliphatic rings. The number of nitrogens with zero attached hydrogens (tertiary/aromatic N) is 2. The van der Waals surface area contributed by atoms with Gasteiger partial charge >= 0.3 is 0 Å². The molecule has 3 N–H and O–H groups in total. The van der Waals surface area contributed by atoms with E-state index in [-0.39, 0.29) is 11.9 Å². The quantitative estimate of drug-likeness (QED) is 0.766. The summed E-state index contributed by atoms with van der Waals surface area (Å²) < 4.78 is 1.68. The van der Waals surface area contributed by atoms with Crippen molar-refractivity contribution in [2.24, 2.45) is 12.8 Å². The van der Waals surface area contributed by atoms with Gasteiger partial charge in [-0.3, -0.25) is 9.48 Å². The third-order valence-electron chi connectivity index (χ3n) is 3.01.